The molecule has 3 aromatic rings. The number of fused-ring (bicyclic) bond motifs is 3. The lowest BCUT2D eigenvalue weighted by molar-refractivity contribution is -0.120. The number of carbonyl (C=O) groups excluding carboxylic acids is 1. The topological polar surface area (TPSA) is 68.5 Å². The molecule has 0 fully saturated rings. The van der Waals surface area contributed by atoms with Gasteiger partial charge >= 0.3 is 0 Å². The van der Waals surface area contributed by atoms with Crippen LogP contribution in [0.3, 0.4) is 0 Å². The Morgan fingerprint density at radius 2 is 2.17 bits per heavy atom. The van der Waals surface area contributed by atoms with Gasteiger partial charge in [0.25, 0.3) is 0 Å². The summed E-state index contributed by atoms with van der Waals surface area (Å²) in [5, 5.41) is 13.3. The highest BCUT2D eigenvalue weighted by Crippen LogP contribution is 2.30. The number of amides is 1. The number of aromatic nitrogens is 3. The first-order valence-electron chi connectivity index (χ1n) is 10.5. The fraction of sp³-hybridized carbons (Fsp3) is 0.435. The van der Waals surface area contributed by atoms with Gasteiger partial charge in [-0.05, 0) is 69.7 Å². The Bertz CT molecular complexity index is 1110. The van der Waals surface area contributed by atoms with Crippen molar-refractivity contribution in [3.05, 3.63) is 41.5 Å². The van der Waals surface area contributed by atoms with Crippen molar-refractivity contribution in [1.29, 1.82) is 0 Å². The highest BCUT2D eigenvalue weighted by atomic mass is 32.2. The second kappa shape index (κ2) is 9.08. The first-order chi connectivity index (χ1) is 14.6. The summed E-state index contributed by atoms with van der Waals surface area (Å²) in [6, 6.07) is 8.02. The predicted molar refractivity (Wildman–Crippen MR) is 121 cm³/mol. The molecule has 1 aromatic carbocycles. The number of nitrogens with one attached hydrogen (secondary N) is 1. The average Bonchev–Trinajstić information content (AvgIpc) is 3.16. The number of hydrogen-bond acceptors (Lipinski definition) is 5. The SMILES string of the molecule is COc1ccc2c(C)cc3nnc(SC(C)C(=O)NCCC4=CCCCC4)n3c2c1. The number of allylic oxidation sites excluding steroid dienone is 1. The molecule has 158 valence electrons. The third kappa shape index (κ3) is 4.31. The molecule has 6 nitrogen and oxygen atoms in total. The number of nitrogens with zero attached hydrogens (tertiary/aromatic N) is 3. The van der Waals surface area contributed by atoms with Crippen LogP contribution in [0.15, 0.2) is 41.1 Å². The molecule has 1 unspecified atom stereocenters. The Labute approximate surface area is 181 Å². The maximum absolute atomic E-state index is 12.6. The third-order valence-corrected chi connectivity index (χ3v) is 6.70. The summed E-state index contributed by atoms with van der Waals surface area (Å²) in [7, 11) is 1.66. The summed E-state index contributed by atoms with van der Waals surface area (Å²) in [4.78, 5) is 12.6. The van der Waals surface area contributed by atoms with Gasteiger partial charge in [-0.3, -0.25) is 9.20 Å². The molecule has 0 saturated heterocycles. The smallest absolute Gasteiger partial charge is 0.233 e. The minimum absolute atomic E-state index is 0.0298. The molecule has 1 aliphatic carbocycles. The van der Waals surface area contributed by atoms with Crippen molar-refractivity contribution in [2.24, 2.45) is 0 Å². The first kappa shape index (κ1) is 20.7. The lowest BCUT2D eigenvalue weighted by Gasteiger charge is -2.15. The number of methoxy groups -OCH3 is 1. The number of rotatable bonds is 7. The number of ether oxygens (including phenoxy) is 1. The Balaban J connectivity index is 1.50. The Morgan fingerprint density at radius 1 is 1.30 bits per heavy atom. The number of carbonyl (C=O) groups is 1. The van der Waals surface area contributed by atoms with Crippen LogP contribution >= 0.6 is 11.8 Å². The minimum atomic E-state index is -0.264. The van der Waals surface area contributed by atoms with E-state index in [0.29, 0.717) is 11.7 Å². The summed E-state index contributed by atoms with van der Waals surface area (Å²) in [5.74, 6) is 0.809. The van der Waals surface area contributed by atoms with Gasteiger partial charge in [0, 0.05) is 18.0 Å². The molecule has 2 aromatic heterocycles. The zero-order valence-corrected chi connectivity index (χ0v) is 18.6. The van der Waals surface area contributed by atoms with Crippen LogP contribution < -0.4 is 10.1 Å². The van der Waals surface area contributed by atoms with Gasteiger partial charge in [-0.25, -0.2) is 0 Å². The van der Waals surface area contributed by atoms with Gasteiger partial charge in [0.05, 0.1) is 17.9 Å². The summed E-state index contributed by atoms with van der Waals surface area (Å²) in [6.07, 6.45) is 8.17. The van der Waals surface area contributed by atoms with Crippen LogP contribution in [-0.4, -0.2) is 39.4 Å². The molecular weight excluding hydrogens is 396 g/mol. The largest absolute Gasteiger partial charge is 0.497 e. The van der Waals surface area contributed by atoms with Crippen LogP contribution in [0.4, 0.5) is 0 Å². The normalized spacial score (nSPS) is 15.2. The van der Waals surface area contributed by atoms with Crippen molar-refractivity contribution in [3.8, 4) is 5.75 Å². The molecule has 0 spiro atoms. The van der Waals surface area contributed by atoms with Gasteiger partial charge in [0.1, 0.15) is 5.75 Å². The van der Waals surface area contributed by atoms with E-state index < -0.39 is 0 Å². The van der Waals surface area contributed by atoms with Crippen molar-refractivity contribution in [1.82, 2.24) is 19.9 Å². The molecule has 2 heterocycles. The van der Waals surface area contributed by atoms with Gasteiger partial charge in [0.15, 0.2) is 10.8 Å². The second-order valence-corrected chi connectivity index (χ2v) is 9.10. The van der Waals surface area contributed by atoms with Crippen molar-refractivity contribution in [2.45, 2.75) is 56.4 Å². The Hall–Kier alpha value is -2.54. The molecule has 0 aliphatic heterocycles. The molecule has 1 atom stereocenters. The van der Waals surface area contributed by atoms with Crippen LogP contribution in [0.1, 0.15) is 44.6 Å². The molecule has 30 heavy (non-hydrogen) atoms. The molecule has 7 heteroatoms. The molecule has 0 radical (unpaired) electrons. The van der Waals surface area contributed by atoms with Crippen LogP contribution in [0.2, 0.25) is 0 Å². The fourth-order valence-electron chi connectivity index (χ4n) is 3.94. The summed E-state index contributed by atoms with van der Waals surface area (Å²) in [5.41, 5.74) is 4.36. The molecule has 4 rings (SSSR count). The van der Waals surface area contributed by atoms with Crippen LogP contribution in [0, 0.1) is 6.92 Å². The lowest BCUT2D eigenvalue weighted by Crippen LogP contribution is -2.32. The highest BCUT2D eigenvalue weighted by Gasteiger charge is 2.19. The van der Waals surface area contributed by atoms with Gasteiger partial charge in [-0.1, -0.05) is 23.4 Å². The minimum Gasteiger partial charge on any atom is -0.497 e. The lowest BCUT2D eigenvalue weighted by atomic mass is 9.97. The molecule has 0 bridgehead atoms. The van der Waals surface area contributed by atoms with Gasteiger partial charge in [-0.2, -0.15) is 0 Å². The monoisotopic (exact) mass is 424 g/mol. The Morgan fingerprint density at radius 3 is 2.93 bits per heavy atom. The van der Waals surface area contributed by atoms with Crippen molar-refractivity contribution < 1.29 is 9.53 Å². The van der Waals surface area contributed by atoms with Gasteiger partial charge in [-0.15, -0.1) is 10.2 Å². The molecule has 0 saturated carbocycles. The van der Waals surface area contributed by atoms with Crippen molar-refractivity contribution in [2.75, 3.05) is 13.7 Å². The van der Waals surface area contributed by atoms with Crippen LogP contribution in [0.5, 0.6) is 5.75 Å². The van der Waals surface area contributed by atoms with E-state index in [1.165, 1.54) is 43.0 Å². The average molecular weight is 425 g/mol. The van der Waals surface area contributed by atoms with E-state index >= 15 is 0 Å². The van der Waals surface area contributed by atoms with E-state index in [1.807, 2.05) is 35.6 Å². The zero-order chi connectivity index (χ0) is 21.1. The van der Waals surface area contributed by atoms with E-state index in [1.54, 1.807) is 7.11 Å². The molecular formula is C23H28N4O2S. The van der Waals surface area contributed by atoms with E-state index in [-0.39, 0.29) is 11.2 Å². The van der Waals surface area contributed by atoms with Gasteiger partial charge in [0.2, 0.25) is 5.91 Å². The standard InChI is InChI=1S/C23H28N4O2S/c1-15-13-21-25-26-23(27(21)20-14-18(29-3)9-10-19(15)20)30-16(2)22(28)24-12-11-17-7-5-4-6-8-17/h7,9-10,13-14,16H,4-6,8,11-12H2,1-3H3,(H,24,28). The maximum atomic E-state index is 12.6. The van der Waals surface area contributed by atoms with Crippen LogP contribution in [0.25, 0.3) is 16.6 Å². The molecule has 1 aliphatic rings. The summed E-state index contributed by atoms with van der Waals surface area (Å²) >= 11 is 1.43. The number of benzene rings is 1. The number of hydrogen-bond donors (Lipinski definition) is 1. The quantitative estimate of drug-likeness (QED) is 0.440. The molecule has 1 N–H and O–H groups in total. The van der Waals surface area contributed by atoms with E-state index in [4.69, 9.17) is 4.74 Å². The predicted octanol–water partition coefficient (Wildman–Crippen LogP) is 4.69. The van der Waals surface area contributed by atoms with E-state index in [0.717, 1.165) is 34.3 Å². The number of pyridine rings is 1. The fourth-order valence-corrected chi connectivity index (χ4v) is 4.83. The maximum Gasteiger partial charge on any atom is 0.233 e. The number of aryl methyl sites for hydroxylation is 1. The Kier molecular flexibility index (Phi) is 6.27. The second-order valence-electron chi connectivity index (χ2n) is 7.80. The van der Waals surface area contributed by atoms with Crippen LogP contribution in [-0.2, 0) is 4.79 Å². The van der Waals surface area contributed by atoms with Crippen molar-refractivity contribution >= 4 is 34.2 Å². The summed E-state index contributed by atoms with van der Waals surface area (Å²) < 4.78 is 7.42. The highest BCUT2D eigenvalue weighted by molar-refractivity contribution is 8.00. The summed E-state index contributed by atoms with van der Waals surface area (Å²) in [6.45, 7) is 4.67. The van der Waals surface area contributed by atoms with Crippen molar-refractivity contribution in [3.63, 3.8) is 0 Å². The van der Waals surface area contributed by atoms with E-state index in [9.17, 15) is 4.79 Å². The van der Waals surface area contributed by atoms with Gasteiger partial charge < -0.3 is 10.1 Å². The van der Waals surface area contributed by atoms with E-state index in [2.05, 4.69) is 28.5 Å². The number of thioether (sulfide) groups is 1. The zero-order valence-electron chi connectivity index (χ0n) is 17.8. The first-order valence-corrected chi connectivity index (χ1v) is 11.4. The third-order valence-electron chi connectivity index (χ3n) is 5.66. The molecule has 1 amide bonds.